The SMILES string of the molecule is CCCCC1CCC(C(=O)Nc2ncccc2C)CC1. The zero-order chi connectivity index (χ0) is 14.4. The quantitative estimate of drug-likeness (QED) is 0.868. The number of nitrogens with one attached hydrogen (secondary N) is 1. The third-order valence-corrected chi connectivity index (χ3v) is 4.43. The molecule has 110 valence electrons. The van der Waals surface area contributed by atoms with Crippen LogP contribution in [-0.2, 0) is 4.79 Å². The van der Waals surface area contributed by atoms with Gasteiger partial charge in [-0.3, -0.25) is 4.79 Å². The number of amides is 1. The van der Waals surface area contributed by atoms with Gasteiger partial charge in [0.25, 0.3) is 0 Å². The maximum atomic E-state index is 12.3. The van der Waals surface area contributed by atoms with Crippen LogP contribution in [0.1, 0.15) is 57.4 Å². The number of aryl methyl sites for hydroxylation is 1. The molecule has 0 unspecified atom stereocenters. The van der Waals surface area contributed by atoms with Crippen molar-refractivity contribution in [3.63, 3.8) is 0 Å². The number of unbranched alkanes of at least 4 members (excludes halogenated alkanes) is 1. The highest BCUT2D eigenvalue weighted by atomic mass is 16.1. The number of nitrogens with zero attached hydrogens (tertiary/aromatic N) is 1. The van der Waals surface area contributed by atoms with Crippen LogP contribution in [0.5, 0.6) is 0 Å². The van der Waals surface area contributed by atoms with E-state index in [2.05, 4.69) is 17.2 Å². The lowest BCUT2D eigenvalue weighted by Gasteiger charge is -2.27. The summed E-state index contributed by atoms with van der Waals surface area (Å²) in [6.07, 6.45) is 10.2. The summed E-state index contributed by atoms with van der Waals surface area (Å²) in [5.74, 6) is 1.89. The molecular weight excluding hydrogens is 248 g/mol. The van der Waals surface area contributed by atoms with Gasteiger partial charge in [-0.05, 0) is 50.2 Å². The standard InChI is InChI=1S/C17H26N2O/c1-3-4-7-14-8-10-15(11-9-14)17(20)19-16-13(2)6-5-12-18-16/h5-6,12,14-15H,3-4,7-11H2,1-2H3,(H,18,19,20). The van der Waals surface area contributed by atoms with Gasteiger partial charge in [0, 0.05) is 12.1 Å². The van der Waals surface area contributed by atoms with Crippen LogP contribution in [0, 0.1) is 18.8 Å². The molecule has 1 amide bonds. The molecule has 0 saturated heterocycles. The Morgan fingerprint density at radius 2 is 2.10 bits per heavy atom. The van der Waals surface area contributed by atoms with E-state index in [1.807, 2.05) is 19.1 Å². The van der Waals surface area contributed by atoms with Crippen LogP contribution >= 0.6 is 0 Å². The summed E-state index contributed by atoms with van der Waals surface area (Å²) in [5, 5.41) is 2.99. The van der Waals surface area contributed by atoms with Gasteiger partial charge in [0.15, 0.2) is 0 Å². The number of carbonyl (C=O) groups is 1. The van der Waals surface area contributed by atoms with E-state index in [0.29, 0.717) is 5.82 Å². The van der Waals surface area contributed by atoms with Crippen molar-refractivity contribution in [1.82, 2.24) is 4.98 Å². The molecule has 1 N–H and O–H groups in total. The monoisotopic (exact) mass is 274 g/mol. The number of carbonyl (C=O) groups excluding carboxylic acids is 1. The Hall–Kier alpha value is -1.38. The first kappa shape index (κ1) is 15.0. The van der Waals surface area contributed by atoms with Gasteiger partial charge in [0.1, 0.15) is 5.82 Å². The molecule has 0 radical (unpaired) electrons. The summed E-state index contributed by atoms with van der Waals surface area (Å²) < 4.78 is 0. The van der Waals surface area contributed by atoms with E-state index in [1.54, 1.807) is 6.20 Å². The molecule has 0 aromatic carbocycles. The minimum absolute atomic E-state index is 0.153. The lowest BCUT2D eigenvalue weighted by Crippen LogP contribution is -2.27. The van der Waals surface area contributed by atoms with E-state index >= 15 is 0 Å². The molecule has 1 aromatic heterocycles. The predicted molar refractivity (Wildman–Crippen MR) is 82.6 cm³/mol. The molecule has 0 atom stereocenters. The predicted octanol–water partition coefficient (Wildman–Crippen LogP) is 4.33. The highest BCUT2D eigenvalue weighted by Crippen LogP contribution is 2.32. The van der Waals surface area contributed by atoms with Gasteiger partial charge >= 0.3 is 0 Å². The third kappa shape index (κ3) is 4.06. The Morgan fingerprint density at radius 1 is 1.35 bits per heavy atom. The molecule has 3 heteroatoms. The Kier molecular flexibility index (Phi) is 5.57. The highest BCUT2D eigenvalue weighted by molar-refractivity contribution is 5.92. The Balaban J connectivity index is 1.82. The molecule has 1 heterocycles. The summed E-state index contributed by atoms with van der Waals surface area (Å²) >= 11 is 0. The van der Waals surface area contributed by atoms with Crippen molar-refractivity contribution >= 4 is 11.7 Å². The molecule has 0 aliphatic heterocycles. The maximum Gasteiger partial charge on any atom is 0.228 e. The van der Waals surface area contributed by atoms with Gasteiger partial charge in [-0.15, -0.1) is 0 Å². The lowest BCUT2D eigenvalue weighted by atomic mass is 9.79. The molecule has 0 spiro atoms. The Labute approximate surface area is 122 Å². The molecular formula is C17H26N2O. The largest absolute Gasteiger partial charge is 0.310 e. The van der Waals surface area contributed by atoms with Gasteiger partial charge in [-0.25, -0.2) is 4.98 Å². The first-order valence-corrected chi connectivity index (χ1v) is 7.93. The number of aromatic nitrogens is 1. The molecule has 0 bridgehead atoms. The fourth-order valence-electron chi connectivity index (χ4n) is 3.04. The number of pyridine rings is 1. The van der Waals surface area contributed by atoms with Crippen LogP contribution in [0.3, 0.4) is 0 Å². The first-order valence-electron chi connectivity index (χ1n) is 7.93. The van der Waals surface area contributed by atoms with E-state index in [1.165, 1.54) is 32.1 Å². The van der Waals surface area contributed by atoms with Gasteiger partial charge in [-0.1, -0.05) is 32.3 Å². The molecule has 20 heavy (non-hydrogen) atoms. The molecule has 3 nitrogen and oxygen atoms in total. The lowest BCUT2D eigenvalue weighted by molar-refractivity contribution is -0.121. The minimum Gasteiger partial charge on any atom is -0.310 e. The first-order chi connectivity index (χ1) is 9.70. The summed E-state index contributed by atoms with van der Waals surface area (Å²) in [7, 11) is 0. The van der Waals surface area contributed by atoms with E-state index < -0.39 is 0 Å². The second-order valence-corrected chi connectivity index (χ2v) is 6.02. The van der Waals surface area contributed by atoms with Crippen LogP contribution < -0.4 is 5.32 Å². The summed E-state index contributed by atoms with van der Waals surface area (Å²) in [6, 6.07) is 3.87. The van der Waals surface area contributed by atoms with Crippen molar-refractivity contribution < 1.29 is 4.79 Å². The van der Waals surface area contributed by atoms with Gasteiger partial charge in [-0.2, -0.15) is 0 Å². The number of rotatable bonds is 5. The molecule has 1 aromatic rings. The second-order valence-electron chi connectivity index (χ2n) is 6.02. The summed E-state index contributed by atoms with van der Waals surface area (Å²) in [6.45, 7) is 4.22. The third-order valence-electron chi connectivity index (χ3n) is 4.43. The fraction of sp³-hybridized carbons (Fsp3) is 0.647. The average Bonchev–Trinajstić information content (AvgIpc) is 2.48. The molecule has 2 rings (SSSR count). The maximum absolute atomic E-state index is 12.3. The number of hydrogen-bond donors (Lipinski definition) is 1. The van der Waals surface area contributed by atoms with Crippen molar-refractivity contribution in [1.29, 1.82) is 0 Å². The number of anilines is 1. The average molecular weight is 274 g/mol. The van der Waals surface area contributed by atoms with Gasteiger partial charge in [0.2, 0.25) is 5.91 Å². The van der Waals surface area contributed by atoms with E-state index in [9.17, 15) is 4.79 Å². The molecule has 1 saturated carbocycles. The molecule has 1 aliphatic rings. The Morgan fingerprint density at radius 3 is 2.75 bits per heavy atom. The molecule has 1 fully saturated rings. The summed E-state index contributed by atoms with van der Waals surface area (Å²) in [5.41, 5.74) is 1.03. The van der Waals surface area contributed by atoms with Crippen molar-refractivity contribution in [3.8, 4) is 0 Å². The van der Waals surface area contributed by atoms with Crippen LogP contribution in [0.25, 0.3) is 0 Å². The van der Waals surface area contributed by atoms with E-state index in [-0.39, 0.29) is 11.8 Å². The Bertz CT molecular complexity index is 436. The second kappa shape index (κ2) is 7.41. The zero-order valence-corrected chi connectivity index (χ0v) is 12.7. The topological polar surface area (TPSA) is 42.0 Å². The highest BCUT2D eigenvalue weighted by Gasteiger charge is 2.26. The van der Waals surface area contributed by atoms with Crippen LogP contribution in [-0.4, -0.2) is 10.9 Å². The minimum atomic E-state index is 0.153. The van der Waals surface area contributed by atoms with Crippen molar-refractivity contribution in [2.75, 3.05) is 5.32 Å². The number of hydrogen-bond acceptors (Lipinski definition) is 2. The van der Waals surface area contributed by atoms with Crippen LogP contribution in [0.2, 0.25) is 0 Å². The smallest absolute Gasteiger partial charge is 0.228 e. The normalized spacial score (nSPS) is 22.5. The van der Waals surface area contributed by atoms with Gasteiger partial charge in [0.05, 0.1) is 0 Å². The fourth-order valence-corrected chi connectivity index (χ4v) is 3.04. The van der Waals surface area contributed by atoms with E-state index in [4.69, 9.17) is 0 Å². The zero-order valence-electron chi connectivity index (χ0n) is 12.7. The van der Waals surface area contributed by atoms with Crippen LogP contribution in [0.15, 0.2) is 18.3 Å². The van der Waals surface area contributed by atoms with Crippen LogP contribution in [0.4, 0.5) is 5.82 Å². The van der Waals surface area contributed by atoms with Crippen molar-refractivity contribution in [2.24, 2.45) is 11.8 Å². The van der Waals surface area contributed by atoms with Crippen molar-refractivity contribution in [2.45, 2.75) is 58.8 Å². The van der Waals surface area contributed by atoms with E-state index in [0.717, 1.165) is 24.3 Å². The van der Waals surface area contributed by atoms with Crippen molar-refractivity contribution in [3.05, 3.63) is 23.9 Å². The molecule has 1 aliphatic carbocycles. The summed E-state index contributed by atoms with van der Waals surface area (Å²) in [4.78, 5) is 16.5. The van der Waals surface area contributed by atoms with Gasteiger partial charge < -0.3 is 5.32 Å².